The largest absolute Gasteiger partial charge is 0.496 e. The van der Waals surface area contributed by atoms with Crippen LogP contribution in [0, 0.1) is 13.8 Å². The SMILES string of the molecule is COc1c(C)cc([C@@H](N2CCNCC2)C(F)(F)F)cc1C. The summed E-state index contributed by atoms with van der Waals surface area (Å²) in [6.45, 7) is 5.52. The van der Waals surface area contributed by atoms with Crippen molar-refractivity contribution < 1.29 is 17.9 Å². The number of nitrogens with one attached hydrogen (secondary N) is 1. The average molecular weight is 302 g/mol. The zero-order valence-electron chi connectivity index (χ0n) is 12.5. The standard InChI is InChI=1S/C15H21F3N2O/c1-10-8-12(9-11(2)13(10)21-3)14(15(16,17)18)20-6-4-19-5-7-20/h8-9,14,19H,4-7H2,1-3H3/t14-/m1/s1. The molecule has 1 saturated heterocycles. The van der Waals surface area contributed by atoms with Gasteiger partial charge in [-0.2, -0.15) is 13.2 Å². The first-order chi connectivity index (χ1) is 9.84. The van der Waals surface area contributed by atoms with E-state index in [1.54, 1.807) is 26.0 Å². The first-order valence-electron chi connectivity index (χ1n) is 7.01. The van der Waals surface area contributed by atoms with E-state index in [0.717, 1.165) is 11.1 Å². The van der Waals surface area contributed by atoms with Crippen LogP contribution in [0.4, 0.5) is 13.2 Å². The van der Waals surface area contributed by atoms with E-state index in [9.17, 15) is 13.2 Å². The Morgan fingerprint density at radius 2 is 1.67 bits per heavy atom. The highest BCUT2D eigenvalue weighted by Gasteiger charge is 2.45. The fraction of sp³-hybridized carbons (Fsp3) is 0.600. The molecule has 0 unspecified atom stereocenters. The smallest absolute Gasteiger partial charge is 0.408 e. The first kappa shape index (κ1) is 16.1. The van der Waals surface area contributed by atoms with Crippen molar-refractivity contribution in [1.29, 1.82) is 0 Å². The van der Waals surface area contributed by atoms with E-state index in [2.05, 4.69) is 5.32 Å². The number of alkyl halides is 3. The van der Waals surface area contributed by atoms with E-state index in [1.807, 2.05) is 0 Å². The molecule has 21 heavy (non-hydrogen) atoms. The third kappa shape index (κ3) is 3.49. The summed E-state index contributed by atoms with van der Waals surface area (Å²) in [6, 6.07) is 1.63. The van der Waals surface area contributed by atoms with Gasteiger partial charge in [0, 0.05) is 26.2 Å². The van der Waals surface area contributed by atoms with Crippen LogP contribution in [0.3, 0.4) is 0 Å². The summed E-state index contributed by atoms with van der Waals surface area (Å²) in [5.41, 5.74) is 1.76. The summed E-state index contributed by atoms with van der Waals surface area (Å²) in [4.78, 5) is 1.50. The molecule has 0 aliphatic carbocycles. The van der Waals surface area contributed by atoms with Crippen LogP contribution in [-0.2, 0) is 0 Å². The molecule has 0 saturated carbocycles. The van der Waals surface area contributed by atoms with Crippen molar-refractivity contribution >= 4 is 0 Å². The molecule has 1 aromatic rings. The van der Waals surface area contributed by atoms with E-state index in [1.165, 1.54) is 12.0 Å². The predicted octanol–water partition coefficient (Wildman–Crippen LogP) is 2.82. The molecular weight excluding hydrogens is 281 g/mol. The van der Waals surface area contributed by atoms with E-state index < -0.39 is 12.2 Å². The number of aryl methyl sites for hydroxylation is 2. The molecule has 0 radical (unpaired) electrons. The van der Waals surface area contributed by atoms with Gasteiger partial charge in [0.25, 0.3) is 0 Å². The monoisotopic (exact) mass is 302 g/mol. The van der Waals surface area contributed by atoms with Crippen LogP contribution in [0.1, 0.15) is 22.7 Å². The number of methoxy groups -OCH3 is 1. The quantitative estimate of drug-likeness (QED) is 0.929. The minimum absolute atomic E-state index is 0.292. The molecule has 1 aromatic carbocycles. The maximum atomic E-state index is 13.5. The molecule has 1 fully saturated rings. The number of ether oxygens (including phenoxy) is 1. The molecule has 0 aromatic heterocycles. The van der Waals surface area contributed by atoms with Gasteiger partial charge >= 0.3 is 6.18 Å². The van der Waals surface area contributed by atoms with Gasteiger partial charge in [0.2, 0.25) is 0 Å². The van der Waals surface area contributed by atoms with Gasteiger partial charge in [-0.25, -0.2) is 0 Å². The van der Waals surface area contributed by atoms with Gasteiger partial charge in [-0.3, -0.25) is 4.90 Å². The summed E-state index contributed by atoms with van der Waals surface area (Å²) >= 11 is 0. The summed E-state index contributed by atoms with van der Waals surface area (Å²) < 4.78 is 45.9. The number of halogens is 3. The molecule has 6 heteroatoms. The highest BCUT2D eigenvalue weighted by molar-refractivity contribution is 5.44. The summed E-state index contributed by atoms with van der Waals surface area (Å²) in [5, 5.41) is 3.08. The Morgan fingerprint density at radius 3 is 2.10 bits per heavy atom. The van der Waals surface area contributed by atoms with Crippen molar-refractivity contribution in [2.45, 2.75) is 26.1 Å². The van der Waals surface area contributed by atoms with Gasteiger partial charge in [-0.05, 0) is 30.5 Å². The molecule has 3 nitrogen and oxygen atoms in total. The summed E-state index contributed by atoms with van der Waals surface area (Å²) in [7, 11) is 1.53. The summed E-state index contributed by atoms with van der Waals surface area (Å²) in [6.07, 6.45) is -4.29. The van der Waals surface area contributed by atoms with Crippen molar-refractivity contribution in [3.05, 3.63) is 28.8 Å². The highest BCUT2D eigenvalue weighted by Crippen LogP contribution is 2.40. The topological polar surface area (TPSA) is 24.5 Å². The maximum Gasteiger partial charge on any atom is 0.408 e. The molecule has 1 N–H and O–H groups in total. The van der Waals surface area contributed by atoms with E-state index in [4.69, 9.17) is 4.74 Å². The Balaban J connectivity index is 2.41. The molecular formula is C15H21F3N2O. The third-order valence-electron chi connectivity index (χ3n) is 3.83. The number of piperazine rings is 1. The predicted molar refractivity (Wildman–Crippen MR) is 75.7 cm³/mol. The Labute approximate surface area is 123 Å². The fourth-order valence-electron chi connectivity index (χ4n) is 3.01. The lowest BCUT2D eigenvalue weighted by atomic mass is 9.98. The Hall–Kier alpha value is -1.27. The minimum atomic E-state index is -4.29. The second-order valence-electron chi connectivity index (χ2n) is 5.42. The molecule has 0 spiro atoms. The Bertz CT molecular complexity index is 473. The minimum Gasteiger partial charge on any atom is -0.496 e. The number of nitrogens with zero attached hydrogens (tertiary/aromatic N) is 1. The van der Waals surface area contributed by atoms with Crippen LogP contribution in [0.15, 0.2) is 12.1 Å². The lowest BCUT2D eigenvalue weighted by molar-refractivity contribution is -0.187. The number of hydrogen-bond acceptors (Lipinski definition) is 3. The van der Waals surface area contributed by atoms with E-state index in [-0.39, 0.29) is 0 Å². The van der Waals surface area contributed by atoms with Crippen LogP contribution >= 0.6 is 0 Å². The lowest BCUT2D eigenvalue weighted by Crippen LogP contribution is -2.49. The van der Waals surface area contributed by atoms with Gasteiger partial charge in [-0.1, -0.05) is 12.1 Å². The molecule has 1 atom stereocenters. The van der Waals surface area contributed by atoms with Crippen LogP contribution in [0.5, 0.6) is 5.75 Å². The molecule has 1 heterocycles. The highest BCUT2D eigenvalue weighted by atomic mass is 19.4. The van der Waals surface area contributed by atoms with E-state index in [0.29, 0.717) is 37.5 Å². The van der Waals surface area contributed by atoms with Crippen LogP contribution in [-0.4, -0.2) is 44.4 Å². The van der Waals surface area contributed by atoms with Crippen LogP contribution < -0.4 is 10.1 Å². The van der Waals surface area contributed by atoms with Gasteiger partial charge < -0.3 is 10.1 Å². The molecule has 118 valence electrons. The Morgan fingerprint density at radius 1 is 1.14 bits per heavy atom. The van der Waals surface area contributed by atoms with E-state index >= 15 is 0 Å². The molecule has 0 bridgehead atoms. The number of hydrogen-bond donors (Lipinski definition) is 1. The first-order valence-corrected chi connectivity index (χ1v) is 7.01. The van der Waals surface area contributed by atoms with Gasteiger partial charge in [0.05, 0.1) is 7.11 Å². The average Bonchev–Trinajstić information content (AvgIpc) is 2.38. The van der Waals surface area contributed by atoms with Crippen LogP contribution in [0.2, 0.25) is 0 Å². The lowest BCUT2D eigenvalue weighted by Gasteiger charge is -2.36. The second-order valence-corrected chi connectivity index (χ2v) is 5.42. The van der Waals surface area contributed by atoms with Gasteiger partial charge in [0.1, 0.15) is 11.8 Å². The van der Waals surface area contributed by atoms with Crippen molar-refractivity contribution in [3.8, 4) is 5.75 Å². The maximum absolute atomic E-state index is 13.5. The fourth-order valence-corrected chi connectivity index (χ4v) is 3.01. The van der Waals surface area contributed by atoms with Crippen molar-refractivity contribution in [1.82, 2.24) is 10.2 Å². The van der Waals surface area contributed by atoms with Crippen LogP contribution in [0.25, 0.3) is 0 Å². The number of benzene rings is 1. The van der Waals surface area contributed by atoms with Gasteiger partial charge in [0.15, 0.2) is 0 Å². The van der Waals surface area contributed by atoms with Crippen molar-refractivity contribution in [2.75, 3.05) is 33.3 Å². The Kier molecular flexibility index (Phi) is 4.78. The molecule has 0 amide bonds. The van der Waals surface area contributed by atoms with Gasteiger partial charge in [-0.15, -0.1) is 0 Å². The molecule has 1 aliphatic rings. The number of rotatable bonds is 3. The van der Waals surface area contributed by atoms with Crippen molar-refractivity contribution in [2.24, 2.45) is 0 Å². The zero-order chi connectivity index (χ0) is 15.6. The normalized spacial score (nSPS) is 18.6. The zero-order valence-corrected chi connectivity index (χ0v) is 12.5. The molecule has 1 aliphatic heterocycles. The summed E-state index contributed by atoms with van der Waals surface area (Å²) in [5.74, 6) is 0.653. The molecule has 2 rings (SSSR count). The third-order valence-corrected chi connectivity index (χ3v) is 3.83. The second kappa shape index (κ2) is 6.23. The van der Waals surface area contributed by atoms with Crippen molar-refractivity contribution in [3.63, 3.8) is 0 Å².